The predicted octanol–water partition coefficient (Wildman–Crippen LogP) is 4.11. The predicted molar refractivity (Wildman–Crippen MR) is 138 cm³/mol. The molecule has 0 spiro atoms. The fourth-order valence-electron chi connectivity index (χ4n) is 3.39. The largest absolute Gasteiger partial charge is 0.507 e. The molecule has 1 aromatic heterocycles. The molecule has 3 rings (SSSR count). The van der Waals surface area contributed by atoms with Crippen LogP contribution in [0.4, 0.5) is 4.79 Å². The van der Waals surface area contributed by atoms with Crippen molar-refractivity contribution >= 4 is 17.1 Å². The minimum atomic E-state index is -0.546. The van der Waals surface area contributed by atoms with E-state index < -0.39 is 17.1 Å². The zero-order valence-electron chi connectivity index (χ0n) is 21.5. The first-order valence-corrected chi connectivity index (χ1v) is 11.9. The Kier molecular flexibility index (Phi) is 9.76. The van der Waals surface area contributed by atoms with Crippen LogP contribution in [0.15, 0.2) is 51.7 Å². The topological polar surface area (TPSA) is 126 Å². The number of phenolic OH excluding ortho intramolecular Hbond substituents is 1. The fourth-order valence-corrected chi connectivity index (χ4v) is 3.39. The Morgan fingerprint density at radius 2 is 1.68 bits per heavy atom. The summed E-state index contributed by atoms with van der Waals surface area (Å²) in [5.74, 6) is 0.489. The smallest absolute Gasteiger partial charge is 0.407 e. The summed E-state index contributed by atoms with van der Waals surface area (Å²) in [6.07, 6.45) is -0.491. The second kappa shape index (κ2) is 13.0. The van der Waals surface area contributed by atoms with Crippen molar-refractivity contribution in [2.24, 2.45) is 0 Å². The van der Waals surface area contributed by atoms with Crippen LogP contribution in [0.25, 0.3) is 22.3 Å². The number of benzene rings is 2. The summed E-state index contributed by atoms with van der Waals surface area (Å²) >= 11 is 0. The number of fused-ring (bicyclic) bond motifs is 1. The number of amides is 1. The van der Waals surface area contributed by atoms with E-state index in [-0.39, 0.29) is 41.4 Å². The third kappa shape index (κ3) is 8.12. The maximum Gasteiger partial charge on any atom is 0.407 e. The van der Waals surface area contributed by atoms with E-state index in [9.17, 15) is 14.7 Å². The first-order chi connectivity index (χ1) is 17.7. The van der Waals surface area contributed by atoms with E-state index in [1.807, 2.05) is 30.3 Å². The van der Waals surface area contributed by atoms with Crippen molar-refractivity contribution in [3.05, 3.63) is 52.7 Å². The van der Waals surface area contributed by atoms with Crippen LogP contribution in [0.1, 0.15) is 20.8 Å². The maximum absolute atomic E-state index is 12.7. The van der Waals surface area contributed by atoms with Crippen molar-refractivity contribution in [2.75, 3.05) is 46.7 Å². The fraction of sp³-hybridized carbons (Fsp3) is 0.407. The zero-order chi connectivity index (χ0) is 26.8. The molecular weight excluding hydrogens is 482 g/mol. The summed E-state index contributed by atoms with van der Waals surface area (Å²) in [6.45, 7) is 7.09. The Hall–Kier alpha value is -3.76. The van der Waals surface area contributed by atoms with Gasteiger partial charge in [0.05, 0.1) is 33.5 Å². The third-order valence-electron chi connectivity index (χ3n) is 4.94. The van der Waals surface area contributed by atoms with Gasteiger partial charge in [-0.15, -0.1) is 0 Å². The molecule has 0 fully saturated rings. The van der Waals surface area contributed by atoms with Gasteiger partial charge in [-0.2, -0.15) is 0 Å². The van der Waals surface area contributed by atoms with Crippen molar-refractivity contribution in [3.63, 3.8) is 0 Å². The Balaban J connectivity index is 1.49. The molecule has 0 unspecified atom stereocenters. The van der Waals surface area contributed by atoms with Crippen molar-refractivity contribution in [3.8, 4) is 28.6 Å². The Morgan fingerprint density at radius 3 is 2.35 bits per heavy atom. The highest BCUT2D eigenvalue weighted by atomic mass is 16.6. The van der Waals surface area contributed by atoms with Gasteiger partial charge in [-0.05, 0) is 20.8 Å². The van der Waals surface area contributed by atoms with Gasteiger partial charge in [-0.3, -0.25) is 4.79 Å². The van der Waals surface area contributed by atoms with Crippen LogP contribution in [0.2, 0.25) is 0 Å². The lowest BCUT2D eigenvalue weighted by atomic mass is 10.1. The molecule has 2 aromatic carbocycles. The van der Waals surface area contributed by atoms with E-state index in [4.69, 9.17) is 28.1 Å². The van der Waals surface area contributed by atoms with Gasteiger partial charge >= 0.3 is 6.09 Å². The summed E-state index contributed by atoms with van der Waals surface area (Å²) in [6, 6.07) is 11.8. The number of aromatic hydroxyl groups is 1. The lowest BCUT2D eigenvalue weighted by Crippen LogP contribution is -2.34. The van der Waals surface area contributed by atoms with Gasteiger partial charge in [0.15, 0.2) is 16.8 Å². The molecule has 0 atom stereocenters. The van der Waals surface area contributed by atoms with E-state index in [0.717, 1.165) is 0 Å². The van der Waals surface area contributed by atoms with Gasteiger partial charge in [0.1, 0.15) is 29.1 Å². The Morgan fingerprint density at radius 1 is 1.00 bits per heavy atom. The van der Waals surface area contributed by atoms with Crippen LogP contribution in [0.3, 0.4) is 0 Å². The monoisotopic (exact) mass is 515 g/mol. The molecule has 10 heteroatoms. The maximum atomic E-state index is 12.7. The number of phenols is 1. The highest BCUT2D eigenvalue weighted by Gasteiger charge is 2.20. The van der Waals surface area contributed by atoms with Gasteiger partial charge in [0.25, 0.3) is 0 Å². The lowest BCUT2D eigenvalue weighted by Gasteiger charge is -2.19. The van der Waals surface area contributed by atoms with Crippen LogP contribution in [0.5, 0.6) is 17.2 Å². The molecular formula is C27H33NO9. The van der Waals surface area contributed by atoms with Crippen LogP contribution in [-0.2, 0) is 14.2 Å². The summed E-state index contributed by atoms with van der Waals surface area (Å²) in [7, 11) is 1.43. The molecule has 37 heavy (non-hydrogen) atoms. The van der Waals surface area contributed by atoms with Crippen LogP contribution in [-0.4, -0.2) is 63.5 Å². The number of rotatable bonds is 12. The van der Waals surface area contributed by atoms with Crippen LogP contribution in [0, 0.1) is 0 Å². The van der Waals surface area contributed by atoms with E-state index >= 15 is 0 Å². The number of methoxy groups -OCH3 is 1. The van der Waals surface area contributed by atoms with Gasteiger partial charge in [0.2, 0.25) is 5.75 Å². The summed E-state index contributed by atoms with van der Waals surface area (Å²) in [4.78, 5) is 24.3. The van der Waals surface area contributed by atoms with Crippen molar-refractivity contribution in [2.45, 2.75) is 26.4 Å². The van der Waals surface area contributed by atoms with Gasteiger partial charge in [0, 0.05) is 24.2 Å². The molecule has 3 aromatic rings. The number of carbonyl (C=O) groups excluding carboxylic acids is 1. The van der Waals surface area contributed by atoms with Gasteiger partial charge < -0.3 is 38.5 Å². The van der Waals surface area contributed by atoms with Crippen LogP contribution < -0.4 is 20.2 Å². The average molecular weight is 516 g/mol. The molecule has 0 aliphatic carbocycles. The van der Waals surface area contributed by atoms with Gasteiger partial charge in [-0.1, -0.05) is 30.3 Å². The number of ether oxygens (including phenoxy) is 5. The molecule has 1 heterocycles. The molecule has 200 valence electrons. The lowest BCUT2D eigenvalue weighted by molar-refractivity contribution is 0.0325. The quantitative estimate of drug-likeness (QED) is 0.343. The Bertz CT molecular complexity index is 1230. The SMILES string of the molecule is COc1c(OCCOCCOCCNC(=O)OC(C)(C)C)cc(O)c2c(=O)cc(-c3ccccc3)oc12. The normalized spacial score (nSPS) is 11.4. The second-order valence-corrected chi connectivity index (χ2v) is 8.97. The minimum absolute atomic E-state index is 0.0124. The molecule has 0 aliphatic heterocycles. The van der Waals surface area contributed by atoms with E-state index in [0.29, 0.717) is 37.7 Å². The van der Waals surface area contributed by atoms with Crippen molar-refractivity contribution in [1.29, 1.82) is 0 Å². The van der Waals surface area contributed by atoms with Crippen molar-refractivity contribution in [1.82, 2.24) is 5.32 Å². The molecule has 10 nitrogen and oxygen atoms in total. The molecule has 0 bridgehead atoms. The Labute approximate surface area is 215 Å². The molecule has 0 aliphatic rings. The summed E-state index contributed by atoms with van der Waals surface area (Å²) in [5.41, 5.74) is -0.133. The number of hydrogen-bond donors (Lipinski definition) is 2. The van der Waals surface area contributed by atoms with E-state index in [1.165, 1.54) is 19.2 Å². The first kappa shape index (κ1) is 27.8. The first-order valence-electron chi connectivity index (χ1n) is 11.9. The highest BCUT2D eigenvalue weighted by Crippen LogP contribution is 2.41. The number of alkyl carbamates (subject to hydrolysis) is 1. The molecule has 0 radical (unpaired) electrons. The number of nitrogens with one attached hydrogen (secondary N) is 1. The molecule has 2 N–H and O–H groups in total. The summed E-state index contributed by atoms with van der Waals surface area (Å²) < 4.78 is 33.2. The number of carbonyl (C=O) groups is 1. The number of hydrogen-bond acceptors (Lipinski definition) is 9. The van der Waals surface area contributed by atoms with Crippen LogP contribution >= 0.6 is 0 Å². The minimum Gasteiger partial charge on any atom is -0.507 e. The summed E-state index contributed by atoms with van der Waals surface area (Å²) in [5, 5.41) is 13.1. The second-order valence-electron chi connectivity index (χ2n) is 8.97. The van der Waals surface area contributed by atoms with Gasteiger partial charge in [-0.25, -0.2) is 4.79 Å². The van der Waals surface area contributed by atoms with E-state index in [1.54, 1.807) is 20.8 Å². The average Bonchev–Trinajstić information content (AvgIpc) is 2.84. The van der Waals surface area contributed by atoms with E-state index in [2.05, 4.69) is 5.32 Å². The van der Waals surface area contributed by atoms with Crippen molar-refractivity contribution < 1.29 is 38.0 Å². The molecule has 0 saturated carbocycles. The molecule has 0 saturated heterocycles. The third-order valence-corrected chi connectivity index (χ3v) is 4.94. The zero-order valence-corrected chi connectivity index (χ0v) is 21.5. The molecule has 1 amide bonds. The highest BCUT2D eigenvalue weighted by molar-refractivity contribution is 5.91. The standard InChI is InChI=1S/C27H33NO9/c1-27(2,3)37-26(31)28-10-11-33-12-13-34-14-15-35-22-17-20(30)23-19(29)16-21(18-8-6-5-7-9-18)36-25(23)24(22)32-4/h5-9,16-17,30H,10-15H2,1-4H3,(H,28,31).